The van der Waals surface area contributed by atoms with Gasteiger partial charge in [-0.3, -0.25) is 4.79 Å². The molecule has 4 heteroatoms. The van der Waals surface area contributed by atoms with Crippen molar-refractivity contribution in [3.8, 4) is 5.75 Å². The molecule has 2 fully saturated rings. The minimum Gasteiger partial charge on any atom is -0.493 e. The average Bonchev–Trinajstić information content (AvgIpc) is 3.06. The number of amides is 1. The van der Waals surface area contributed by atoms with E-state index >= 15 is 0 Å². The van der Waals surface area contributed by atoms with Crippen molar-refractivity contribution in [3.63, 3.8) is 0 Å². The maximum absolute atomic E-state index is 12.6. The van der Waals surface area contributed by atoms with E-state index in [-0.39, 0.29) is 5.91 Å². The highest BCUT2D eigenvalue weighted by atomic mass is 16.5. The van der Waals surface area contributed by atoms with Gasteiger partial charge in [0.1, 0.15) is 5.75 Å². The van der Waals surface area contributed by atoms with Crippen molar-refractivity contribution in [1.29, 1.82) is 0 Å². The Morgan fingerprint density at radius 3 is 2.71 bits per heavy atom. The maximum atomic E-state index is 12.6. The van der Waals surface area contributed by atoms with Gasteiger partial charge in [-0.1, -0.05) is 19.9 Å². The Morgan fingerprint density at radius 2 is 2.05 bits per heavy atom. The van der Waals surface area contributed by atoms with Crippen LogP contribution in [0.3, 0.4) is 0 Å². The highest BCUT2D eigenvalue weighted by Crippen LogP contribution is 2.28. The molecule has 2 atom stereocenters. The first-order chi connectivity index (χ1) is 10.1. The second-order valence-corrected chi connectivity index (χ2v) is 6.62. The van der Waals surface area contributed by atoms with Gasteiger partial charge < -0.3 is 15.0 Å². The van der Waals surface area contributed by atoms with Crippen molar-refractivity contribution in [2.45, 2.75) is 13.8 Å². The first-order valence-corrected chi connectivity index (χ1v) is 7.86. The minimum atomic E-state index is 0.138. The molecule has 1 amide bonds. The molecule has 4 nitrogen and oxygen atoms in total. The molecule has 2 heterocycles. The van der Waals surface area contributed by atoms with Crippen molar-refractivity contribution in [3.05, 3.63) is 29.8 Å². The van der Waals surface area contributed by atoms with E-state index in [0.717, 1.165) is 37.5 Å². The number of hydrogen-bond donors (Lipinski definition) is 1. The molecule has 2 saturated heterocycles. The van der Waals surface area contributed by atoms with Crippen LogP contribution in [0.1, 0.15) is 24.2 Å². The maximum Gasteiger partial charge on any atom is 0.254 e. The van der Waals surface area contributed by atoms with E-state index in [4.69, 9.17) is 4.74 Å². The lowest BCUT2D eigenvalue weighted by atomic mass is 10.0. The average molecular weight is 288 g/mol. The fourth-order valence-corrected chi connectivity index (χ4v) is 3.19. The summed E-state index contributed by atoms with van der Waals surface area (Å²) in [6.07, 6.45) is 0. The van der Waals surface area contributed by atoms with Crippen molar-refractivity contribution in [2.75, 3.05) is 32.8 Å². The molecule has 0 spiro atoms. The fraction of sp³-hybridized carbons (Fsp3) is 0.588. The van der Waals surface area contributed by atoms with Gasteiger partial charge >= 0.3 is 0 Å². The van der Waals surface area contributed by atoms with Crippen molar-refractivity contribution in [1.82, 2.24) is 10.2 Å². The van der Waals surface area contributed by atoms with Gasteiger partial charge in [-0.15, -0.1) is 0 Å². The Balaban J connectivity index is 1.66. The van der Waals surface area contributed by atoms with Gasteiger partial charge in [0, 0.05) is 31.7 Å². The molecular weight excluding hydrogens is 264 g/mol. The SMILES string of the molecule is CC(C)COc1cccc(C(=O)N2C[C@H]3CNC[C@H]3C2)c1. The van der Waals surface area contributed by atoms with Gasteiger partial charge in [-0.2, -0.15) is 0 Å². The Kier molecular flexibility index (Phi) is 4.15. The Labute approximate surface area is 126 Å². The van der Waals surface area contributed by atoms with Gasteiger partial charge in [-0.05, 0) is 36.0 Å². The summed E-state index contributed by atoms with van der Waals surface area (Å²) in [4.78, 5) is 14.6. The van der Waals surface area contributed by atoms with Crippen LogP contribution in [0.25, 0.3) is 0 Å². The predicted octanol–water partition coefficient (Wildman–Crippen LogP) is 2.01. The molecule has 114 valence electrons. The van der Waals surface area contributed by atoms with Crippen LogP contribution in [0, 0.1) is 17.8 Å². The van der Waals surface area contributed by atoms with Gasteiger partial charge in [0.05, 0.1) is 6.61 Å². The number of carbonyl (C=O) groups is 1. The van der Waals surface area contributed by atoms with Crippen LogP contribution in [0.15, 0.2) is 24.3 Å². The Bertz CT molecular complexity index is 503. The first-order valence-electron chi connectivity index (χ1n) is 7.86. The van der Waals surface area contributed by atoms with E-state index in [1.807, 2.05) is 29.2 Å². The van der Waals surface area contributed by atoms with E-state index < -0.39 is 0 Å². The summed E-state index contributed by atoms with van der Waals surface area (Å²) in [5.74, 6) is 2.67. The zero-order chi connectivity index (χ0) is 14.8. The molecule has 2 aliphatic heterocycles. The van der Waals surface area contributed by atoms with Crippen LogP contribution in [0.2, 0.25) is 0 Å². The molecule has 1 aromatic carbocycles. The molecule has 0 aliphatic carbocycles. The third kappa shape index (κ3) is 3.21. The van der Waals surface area contributed by atoms with Crippen LogP contribution in [-0.2, 0) is 0 Å². The van der Waals surface area contributed by atoms with Crippen LogP contribution < -0.4 is 10.1 Å². The number of hydrogen-bond acceptors (Lipinski definition) is 3. The lowest BCUT2D eigenvalue weighted by molar-refractivity contribution is 0.0781. The van der Waals surface area contributed by atoms with Gasteiger partial charge in [-0.25, -0.2) is 0 Å². The monoisotopic (exact) mass is 288 g/mol. The summed E-state index contributed by atoms with van der Waals surface area (Å²) in [5, 5.41) is 3.40. The highest BCUT2D eigenvalue weighted by molar-refractivity contribution is 5.94. The molecule has 2 aliphatic rings. The third-order valence-electron chi connectivity index (χ3n) is 4.34. The van der Waals surface area contributed by atoms with E-state index in [1.165, 1.54) is 0 Å². The fourth-order valence-electron chi connectivity index (χ4n) is 3.19. The smallest absolute Gasteiger partial charge is 0.254 e. The van der Waals surface area contributed by atoms with Crippen LogP contribution in [0.5, 0.6) is 5.75 Å². The summed E-state index contributed by atoms with van der Waals surface area (Å²) in [5.41, 5.74) is 0.740. The largest absolute Gasteiger partial charge is 0.493 e. The number of rotatable bonds is 4. The molecule has 0 unspecified atom stereocenters. The lowest BCUT2D eigenvalue weighted by Crippen LogP contribution is -2.31. The first kappa shape index (κ1) is 14.4. The molecule has 3 rings (SSSR count). The van der Waals surface area contributed by atoms with Crippen LogP contribution in [-0.4, -0.2) is 43.6 Å². The molecule has 1 N–H and O–H groups in total. The number of likely N-dealkylation sites (tertiary alicyclic amines) is 1. The Morgan fingerprint density at radius 1 is 1.33 bits per heavy atom. The predicted molar refractivity (Wildman–Crippen MR) is 82.5 cm³/mol. The van der Waals surface area contributed by atoms with Gasteiger partial charge in [0.25, 0.3) is 5.91 Å². The number of fused-ring (bicyclic) bond motifs is 1. The van der Waals surface area contributed by atoms with Gasteiger partial charge in [0.15, 0.2) is 0 Å². The zero-order valence-electron chi connectivity index (χ0n) is 12.8. The number of benzene rings is 1. The van der Waals surface area contributed by atoms with Crippen LogP contribution in [0.4, 0.5) is 0 Å². The number of nitrogens with zero attached hydrogens (tertiary/aromatic N) is 1. The normalized spacial score (nSPS) is 24.4. The van der Waals surface area contributed by atoms with Crippen molar-refractivity contribution >= 4 is 5.91 Å². The molecular formula is C17H24N2O2. The Hall–Kier alpha value is -1.55. The van der Waals surface area contributed by atoms with Crippen molar-refractivity contribution < 1.29 is 9.53 Å². The lowest BCUT2D eigenvalue weighted by Gasteiger charge is -2.18. The molecule has 0 radical (unpaired) electrons. The summed E-state index contributed by atoms with van der Waals surface area (Å²) >= 11 is 0. The summed E-state index contributed by atoms with van der Waals surface area (Å²) in [7, 11) is 0. The molecule has 1 aromatic rings. The minimum absolute atomic E-state index is 0.138. The van der Waals surface area contributed by atoms with Crippen LogP contribution >= 0.6 is 0 Å². The number of nitrogens with one attached hydrogen (secondary N) is 1. The quantitative estimate of drug-likeness (QED) is 0.921. The molecule has 0 aromatic heterocycles. The topological polar surface area (TPSA) is 41.6 Å². The summed E-state index contributed by atoms with van der Waals surface area (Å²) in [6.45, 7) is 8.77. The number of carbonyl (C=O) groups excluding carboxylic acids is 1. The third-order valence-corrected chi connectivity index (χ3v) is 4.34. The molecule has 21 heavy (non-hydrogen) atoms. The second-order valence-electron chi connectivity index (χ2n) is 6.62. The highest BCUT2D eigenvalue weighted by Gasteiger charge is 2.38. The van der Waals surface area contributed by atoms with E-state index in [9.17, 15) is 4.79 Å². The van der Waals surface area contributed by atoms with Crippen molar-refractivity contribution in [2.24, 2.45) is 17.8 Å². The van der Waals surface area contributed by atoms with Gasteiger partial charge in [0.2, 0.25) is 0 Å². The standard InChI is InChI=1S/C17H24N2O2/c1-12(2)11-21-16-5-3-4-13(6-16)17(20)19-9-14-7-18-8-15(14)10-19/h3-6,12,14-15,18H,7-11H2,1-2H3/t14-,15+. The number of ether oxygens (including phenoxy) is 1. The van der Waals surface area contributed by atoms with E-state index in [1.54, 1.807) is 0 Å². The zero-order valence-corrected chi connectivity index (χ0v) is 12.8. The van der Waals surface area contributed by atoms with E-state index in [0.29, 0.717) is 24.4 Å². The summed E-state index contributed by atoms with van der Waals surface area (Å²) < 4.78 is 5.71. The van der Waals surface area contributed by atoms with E-state index in [2.05, 4.69) is 19.2 Å². The summed E-state index contributed by atoms with van der Waals surface area (Å²) in [6, 6.07) is 7.58. The second kappa shape index (κ2) is 6.06. The molecule has 0 bridgehead atoms. The molecule has 0 saturated carbocycles.